The van der Waals surface area contributed by atoms with Crippen molar-refractivity contribution in [3.63, 3.8) is 0 Å². The van der Waals surface area contributed by atoms with Gasteiger partial charge in [0.2, 0.25) is 0 Å². The molecule has 2 aromatic rings. The Morgan fingerprint density at radius 2 is 2.37 bits per heavy atom. The van der Waals surface area contributed by atoms with E-state index in [-0.39, 0.29) is 6.09 Å². The number of rotatable bonds is 4. The average molecular weight is 263 g/mol. The summed E-state index contributed by atoms with van der Waals surface area (Å²) in [6, 6.07) is 0. The number of anilines is 1. The lowest BCUT2D eigenvalue weighted by Gasteiger charge is -2.13. The Hall–Kier alpha value is -2.38. The van der Waals surface area contributed by atoms with Crippen LogP contribution in [0.2, 0.25) is 0 Å². The Morgan fingerprint density at radius 3 is 3.16 bits per heavy atom. The van der Waals surface area contributed by atoms with Crippen LogP contribution in [0.15, 0.2) is 10.9 Å². The molecule has 0 radical (unpaired) electrons. The van der Waals surface area contributed by atoms with Gasteiger partial charge in [0, 0.05) is 13.1 Å². The van der Waals surface area contributed by atoms with Crippen LogP contribution in [-0.4, -0.2) is 52.4 Å². The minimum atomic E-state index is -0.268. The third kappa shape index (κ3) is 2.16. The first-order valence-corrected chi connectivity index (χ1v) is 5.98. The molecule has 0 saturated carbocycles. The van der Waals surface area contributed by atoms with Crippen molar-refractivity contribution in [2.24, 2.45) is 0 Å². The zero-order valence-corrected chi connectivity index (χ0v) is 10.4. The van der Waals surface area contributed by atoms with Crippen LogP contribution in [0.25, 0.3) is 11.1 Å². The van der Waals surface area contributed by atoms with Gasteiger partial charge in [-0.15, -0.1) is 0 Å². The molecule has 3 rings (SSSR count). The Labute approximate surface area is 108 Å². The molecule has 2 aromatic heterocycles. The third-order valence-corrected chi connectivity index (χ3v) is 2.96. The van der Waals surface area contributed by atoms with Crippen molar-refractivity contribution >= 4 is 23.0 Å². The topological polar surface area (TPSA) is 93.4 Å². The number of nitrogens with one attached hydrogen (secondary N) is 1. The monoisotopic (exact) mass is 263 g/mol. The molecule has 8 nitrogen and oxygen atoms in total. The van der Waals surface area contributed by atoms with Gasteiger partial charge in [-0.1, -0.05) is 5.16 Å². The van der Waals surface area contributed by atoms with E-state index in [1.54, 1.807) is 4.90 Å². The molecule has 1 amide bonds. The summed E-state index contributed by atoms with van der Waals surface area (Å²) in [5.41, 5.74) is 1.19. The number of aryl methyl sites for hydroxylation is 1. The van der Waals surface area contributed by atoms with Gasteiger partial charge < -0.3 is 19.5 Å². The molecule has 0 unspecified atom stereocenters. The Bertz CT molecular complexity index is 611. The fourth-order valence-electron chi connectivity index (χ4n) is 1.99. The predicted octanol–water partition coefficient (Wildman–Crippen LogP) is 0.790. The standard InChI is InChI=1S/C11H13N5O3/c1-7-8-9(13-6-14-10(8)19-15-7)12-2-3-16-4-5-18-11(16)17/h6H,2-5H2,1H3,(H,12,13,14). The van der Waals surface area contributed by atoms with E-state index in [2.05, 4.69) is 20.4 Å². The molecule has 1 fully saturated rings. The van der Waals surface area contributed by atoms with Crippen molar-refractivity contribution in [3.05, 3.63) is 12.0 Å². The van der Waals surface area contributed by atoms with Crippen LogP contribution >= 0.6 is 0 Å². The highest BCUT2D eigenvalue weighted by Crippen LogP contribution is 2.21. The summed E-state index contributed by atoms with van der Waals surface area (Å²) >= 11 is 0. The summed E-state index contributed by atoms with van der Waals surface area (Å²) in [4.78, 5) is 21.1. The van der Waals surface area contributed by atoms with E-state index in [1.807, 2.05) is 6.92 Å². The highest BCUT2D eigenvalue weighted by molar-refractivity contribution is 5.87. The second-order valence-electron chi connectivity index (χ2n) is 4.20. The Morgan fingerprint density at radius 1 is 1.47 bits per heavy atom. The van der Waals surface area contributed by atoms with Gasteiger partial charge in [0.1, 0.15) is 24.1 Å². The largest absolute Gasteiger partial charge is 0.448 e. The minimum Gasteiger partial charge on any atom is -0.448 e. The SMILES string of the molecule is Cc1noc2ncnc(NCCN3CCOC3=O)c12. The van der Waals surface area contributed by atoms with Gasteiger partial charge in [-0.3, -0.25) is 0 Å². The molecule has 0 atom stereocenters. The molecule has 1 aliphatic rings. The van der Waals surface area contributed by atoms with E-state index in [4.69, 9.17) is 9.26 Å². The zero-order chi connectivity index (χ0) is 13.2. The number of ether oxygens (including phenoxy) is 1. The van der Waals surface area contributed by atoms with Crippen LogP contribution in [-0.2, 0) is 4.74 Å². The van der Waals surface area contributed by atoms with Crippen molar-refractivity contribution < 1.29 is 14.1 Å². The van der Waals surface area contributed by atoms with Crippen LogP contribution in [0.1, 0.15) is 5.69 Å². The summed E-state index contributed by atoms with van der Waals surface area (Å²) in [5.74, 6) is 0.663. The van der Waals surface area contributed by atoms with Gasteiger partial charge in [0.25, 0.3) is 5.71 Å². The maximum Gasteiger partial charge on any atom is 0.409 e. The summed E-state index contributed by atoms with van der Waals surface area (Å²) in [6.45, 7) is 4.06. The lowest BCUT2D eigenvalue weighted by atomic mass is 10.3. The van der Waals surface area contributed by atoms with E-state index >= 15 is 0 Å². The molecule has 3 heterocycles. The van der Waals surface area contributed by atoms with E-state index in [1.165, 1.54) is 6.33 Å². The molecule has 0 bridgehead atoms. The van der Waals surface area contributed by atoms with Crippen LogP contribution in [0.5, 0.6) is 0 Å². The van der Waals surface area contributed by atoms with E-state index in [0.29, 0.717) is 37.8 Å². The van der Waals surface area contributed by atoms with Crippen LogP contribution in [0.3, 0.4) is 0 Å². The van der Waals surface area contributed by atoms with Gasteiger partial charge >= 0.3 is 6.09 Å². The molecule has 1 N–H and O–H groups in total. The average Bonchev–Trinajstić information content (AvgIpc) is 2.98. The second kappa shape index (κ2) is 4.71. The highest BCUT2D eigenvalue weighted by Gasteiger charge is 2.21. The number of carbonyl (C=O) groups excluding carboxylic acids is 1. The van der Waals surface area contributed by atoms with Crippen molar-refractivity contribution in [1.29, 1.82) is 0 Å². The summed E-state index contributed by atoms with van der Waals surface area (Å²) in [7, 11) is 0. The molecule has 0 spiro atoms. The van der Waals surface area contributed by atoms with Gasteiger partial charge in [-0.25, -0.2) is 9.78 Å². The number of amides is 1. The van der Waals surface area contributed by atoms with E-state index < -0.39 is 0 Å². The lowest BCUT2D eigenvalue weighted by Crippen LogP contribution is -2.29. The van der Waals surface area contributed by atoms with Crippen LogP contribution in [0, 0.1) is 6.92 Å². The maximum atomic E-state index is 11.3. The fraction of sp³-hybridized carbons (Fsp3) is 0.455. The number of nitrogens with zero attached hydrogens (tertiary/aromatic N) is 4. The first-order valence-electron chi connectivity index (χ1n) is 5.98. The molecule has 0 aliphatic carbocycles. The third-order valence-electron chi connectivity index (χ3n) is 2.96. The highest BCUT2D eigenvalue weighted by atomic mass is 16.6. The predicted molar refractivity (Wildman–Crippen MR) is 65.7 cm³/mol. The Kier molecular flexibility index (Phi) is 2.90. The fourth-order valence-corrected chi connectivity index (χ4v) is 1.99. The van der Waals surface area contributed by atoms with E-state index in [9.17, 15) is 4.79 Å². The molecule has 8 heteroatoms. The second-order valence-corrected chi connectivity index (χ2v) is 4.20. The smallest absolute Gasteiger partial charge is 0.409 e. The summed E-state index contributed by atoms with van der Waals surface area (Å²) in [6.07, 6.45) is 1.15. The number of hydrogen-bond donors (Lipinski definition) is 1. The Balaban J connectivity index is 1.68. The first-order chi connectivity index (χ1) is 9.25. The molecule has 1 aliphatic heterocycles. The number of carbonyl (C=O) groups is 1. The molecule has 19 heavy (non-hydrogen) atoms. The number of fused-ring (bicyclic) bond motifs is 1. The van der Waals surface area contributed by atoms with Gasteiger partial charge in [-0.2, -0.15) is 4.98 Å². The number of hydrogen-bond acceptors (Lipinski definition) is 7. The minimum absolute atomic E-state index is 0.268. The van der Waals surface area contributed by atoms with Crippen LogP contribution in [0.4, 0.5) is 10.6 Å². The molecule has 100 valence electrons. The first kappa shape index (κ1) is 11.7. The molecule has 1 saturated heterocycles. The number of cyclic esters (lactones) is 1. The van der Waals surface area contributed by atoms with Gasteiger partial charge in [-0.05, 0) is 6.92 Å². The van der Waals surface area contributed by atoms with Crippen molar-refractivity contribution in [3.8, 4) is 0 Å². The number of aromatic nitrogens is 3. The molecule has 0 aromatic carbocycles. The summed E-state index contributed by atoms with van der Waals surface area (Å²) < 4.78 is 9.91. The zero-order valence-electron chi connectivity index (χ0n) is 10.4. The van der Waals surface area contributed by atoms with Gasteiger partial charge in [0.05, 0.1) is 12.2 Å². The van der Waals surface area contributed by atoms with Crippen molar-refractivity contribution in [1.82, 2.24) is 20.0 Å². The summed E-state index contributed by atoms with van der Waals surface area (Å²) in [5, 5.41) is 7.78. The van der Waals surface area contributed by atoms with Crippen LogP contribution < -0.4 is 5.32 Å². The normalized spacial score (nSPS) is 15.0. The molecular formula is C11H13N5O3. The van der Waals surface area contributed by atoms with Crippen molar-refractivity contribution in [2.75, 3.05) is 31.6 Å². The molecular weight excluding hydrogens is 250 g/mol. The quantitative estimate of drug-likeness (QED) is 0.871. The lowest BCUT2D eigenvalue weighted by molar-refractivity contribution is 0.159. The van der Waals surface area contributed by atoms with Crippen molar-refractivity contribution in [2.45, 2.75) is 6.92 Å². The van der Waals surface area contributed by atoms with Gasteiger partial charge in [0.15, 0.2) is 0 Å². The maximum absolute atomic E-state index is 11.3. The van der Waals surface area contributed by atoms with E-state index in [0.717, 1.165) is 11.1 Å².